The minimum atomic E-state index is -0.0749. The fraction of sp³-hybridized carbons (Fsp3) is 0.727. The molecule has 4 aliphatic carbocycles. The Bertz CT molecular complexity index is 639. The quantitative estimate of drug-likeness (QED) is 0.535. The average molecular weight is 324 g/mol. The van der Waals surface area contributed by atoms with Gasteiger partial charge in [-0.3, -0.25) is 9.59 Å². The van der Waals surface area contributed by atoms with Gasteiger partial charge in [0.15, 0.2) is 5.78 Å². The fourth-order valence-electron chi connectivity index (χ4n) is 6.84. The third-order valence-electron chi connectivity index (χ3n) is 8.15. The van der Waals surface area contributed by atoms with Crippen LogP contribution in [-0.2, 0) is 9.59 Å². The zero-order valence-corrected chi connectivity index (χ0v) is 14.7. The van der Waals surface area contributed by atoms with Crippen molar-refractivity contribution in [3.8, 4) is 12.3 Å². The molecule has 0 bridgehead atoms. The first-order valence-electron chi connectivity index (χ1n) is 9.67. The molecule has 24 heavy (non-hydrogen) atoms. The molecule has 7 atom stereocenters. The van der Waals surface area contributed by atoms with Gasteiger partial charge in [0.25, 0.3) is 0 Å². The molecule has 0 aromatic heterocycles. The van der Waals surface area contributed by atoms with Crippen molar-refractivity contribution >= 4 is 11.6 Å². The second kappa shape index (κ2) is 5.58. The summed E-state index contributed by atoms with van der Waals surface area (Å²) in [4.78, 5) is 25.3. The zero-order chi connectivity index (χ0) is 17.1. The molecular weight excluding hydrogens is 296 g/mol. The standard InChI is InChI=1S/C22H28O2/c1-4-5-14-12-18-15-10-11-22(3)19(8-9-20(22)23)16(15)6-7-17(18)21(24)13(14)2/h1,14-19H,2,5-12H2,3H3/t14?,15-,16+,17?,18+,19-,22-/m0/s1. The largest absolute Gasteiger partial charge is 0.299 e. The zero-order valence-electron chi connectivity index (χ0n) is 14.7. The third-order valence-corrected chi connectivity index (χ3v) is 8.15. The molecule has 0 saturated heterocycles. The Hall–Kier alpha value is -1.36. The number of rotatable bonds is 1. The highest BCUT2D eigenvalue weighted by atomic mass is 16.1. The van der Waals surface area contributed by atoms with Crippen molar-refractivity contribution in [1.29, 1.82) is 0 Å². The summed E-state index contributed by atoms with van der Waals surface area (Å²) < 4.78 is 0. The van der Waals surface area contributed by atoms with Crippen LogP contribution in [0.3, 0.4) is 0 Å². The van der Waals surface area contributed by atoms with E-state index in [-0.39, 0.29) is 17.3 Å². The van der Waals surface area contributed by atoms with Gasteiger partial charge in [-0.1, -0.05) is 13.5 Å². The van der Waals surface area contributed by atoms with Crippen LogP contribution in [0.2, 0.25) is 0 Å². The number of Topliss-reactive ketones (excluding diaryl/α,β-unsaturated/α-hetero) is 2. The van der Waals surface area contributed by atoms with Gasteiger partial charge in [0.2, 0.25) is 0 Å². The maximum atomic E-state index is 12.8. The molecule has 4 rings (SSSR count). The van der Waals surface area contributed by atoms with Crippen LogP contribution in [0.15, 0.2) is 12.2 Å². The molecule has 0 aromatic rings. The van der Waals surface area contributed by atoms with Gasteiger partial charge in [-0.15, -0.1) is 12.3 Å². The Kier molecular flexibility index (Phi) is 3.75. The molecule has 0 radical (unpaired) electrons. The van der Waals surface area contributed by atoms with Crippen molar-refractivity contribution in [3.05, 3.63) is 12.2 Å². The van der Waals surface area contributed by atoms with Crippen LogP contribution in [0.1, 0.15) is 58.3 Å². The average Bonchev–Trinajstić information content (AvgIpc) is 2.88. The highest BCUT2D eigenvalue weighted by Gasteiger charge is 2.58. The van der Waals surface area contributed by atoms with E-state index in [1.54, 1.807) is 0 Å². The first-order chi connectivity index (χ1) is 11.5. The highest BCUT2D eigenvalue weighted by Crippen LogP contribution is 2.61. The lowest BCUT2D eigenvalue weighted by Crippen LogP contribution is -2.51. The fourth-order valence-corrected chi connectivity index (χ4v) is 6.84. The summed E-state index contributed by atoms with van der Waals surface area (Å²) in [7, 11) is 0. The minimum Gasteiger partial charge on any atom is -0.299 e. The monoisotopic (exact) mass is 324 g/mol. The normalized spacial score (nSPS) is 47.6. The molecule has 2 heteroatoms. The molecule has 2 unspecified atom stereocenters. The van der Waals surface area contributed by atoms with E-state index in [0.29, 0.717) is 41.7 Å². The number of hydrogen-bond donors (Lipinski definition) is 0. The Morgan fingerprint density at radius 3 is 2.71 bits per heavy atom. The van der Waals surface area contributed by atoms with Crippen molar-refractivity contribution < 1.29 is 9.59 Å². The van der Waals surface area contributed by atoms with Gasteiger partial charge in [0.1, 0.15) is 5.78 Å². The summed E-state index contributed by atoms with van der Waals surface area (Å²) in [6, 6.07) is 0. The summed E-state index contributed by atoms with van der Waals surface area (Å²) >= 11 is 0. The molecule has 2 nitrogen and oxygen atoms in total. The van der Waals surface area contributed by atoms with E-state index in [1.807, 2.05) is 0 Å². The van der Waals surface area contributed by atoms with Gasteiger partial charge in [0.05, 0.1) is 0 Å². The SMILES string of the molecule is C#CCC1C[C@H]2C(CC[C@@H]3[C@@H]2CC[C@]2(C)C(=O)CC[C@@H]32)C(=O)C1=C. The highest BCUT2D eigenvalue weighted by molar-refractivity contribution is 5.98. The van der Waals surface area contributed by atoms with Crippen LogP contribution in [0, 0.1) is 53.3 Å². The maximum absolute atomic E-state index is 12.8. The van der Waals surface area contributed by atoms with Crippen molar-refractivity contribution in [1.82, 2.24) is 0 Å². The van der Waals surface area contributed by atoms with Crippen molar-refractivity contribution in [2.45, 2.75) is 58.3 Å². The van der Waals surface area contributed by atoms with Gasteiger partial charge < -0.3 is 0 Å². The van der Waals surface area contributed by atoms with Gasteiger partial charge in [-0.05, 0) is 73.7 Å². The third kappa shape index (κ3) is 2.10. The van der Waals surface area contributed by atoms with Crippen LogP contribution in [0.4, 0.5) is 0 Å². The van der Waals surface area contributed by atoms with E-state index in [0.717, 1.165) is 50.5 Å². The molecule has 128 valence electrons. The van der Waals surface area contributed by atoms with Gasteiger partial charge in [0, 0.05) is 24.2 Å². The molecule has 0 amide bonds. The Balaban J connectivity index is 1.62. The molecule has 0 N–H and O–H groups in total. The molecule has 4 fully saturated rings. The van der Waals surface area contributed by atoms with E-state index in [9.17, 15) is 9.59 Å². The Labute approximate surface area is 145 Å². The van der Waals surface area contributed by atoms with E-state index >= 15 is 0 Å². The Morgan fingerprint density at radius 2 is 1.96 bits per heavy atom. The number of carbonyl (C=O) groups excluding carboxylic acids is 2. The molecule has 4 aliphatic rings. The number of ketones is 2. The summed E-state index contributed by atoms with van der Waals surface area (Å²) in [6.07, 6.45) is 13.3. The number of terminal acetylenes is 1. The minimum absolute atomic E-state index is 0.0749. The lowest BCUT2D eigenvalue weighted by Gasteiger charge is -2.54. The second-order valence-corrected chi connectivity index (χ2v) is 8.93. The lowest BCUT2D eigenvalue weighted by atomic mass is 9.49. The predicted molar refractivity (Wildman–Crippen MR) is 94.0 cm³/mol. The number of fused-ring (bicyclic) bond motifs is 5. The number of hydrogen-bond acceptors (Lipinski definition) is 2. The summed E-state index contributed by atoms with van der Waals surface area (Å²) in [6.45, 7) is 6.29. The second-order valence-electron chi connectivity index (χ2n) is 8.93. The van der Waals surface area contributed by atoms with E-state index in [4.69, 9.17) is 6.42 Å². The van der Waals surface area contributed by atoms with E-state index in [1.165, 1.54) is 0 Å². The van der Waals surface area contributed by atoms with Crippen molar-refractivity contribution in [2.24, 2.45) is 40.9 Å². The topological polar surface area (TPSA) is 34.1 Å². The van der Waals surface area contributed by atoms with Crippen molar-refractivity contribution in [2.75, 3.05) is 0 Å². The molecular formula is C22H28O2. The van der Waals surface area contributed by atoms with Crippen LogP contribution in [-0.4, -0.2) is 11.6 Å². The lowest BCUT2D eigenvalue weighted by molar-refractivity contribution is -0.138. The summed E-state index contributed by atoms with van der Waals surface area (Å²) in [5.74, 6) is 6.17. The van der Waals surface area contributed by atoms with Crippen LogP contribution in [0.5, 0.6) is 0 Å². The molecule has 0 heterocycles. The van der Waals surface area contributed by atoms with Gasteiger partial charge in [-0.25, -0.2) is 0 Å². The van der Waals surface area contributed by atoms with Crippen LogP contribution >= 0.6 is 0 Å². The van der Waals surface area contributed by atoms with E-state index < -0.39 is 0 Å². The van der Waals surface area contributed by atoms with E-state index in [2.05, 4.69) is 19.4 Å². The van der Waals surface area contributed by atoms with Gasteiger partial charge in [-0.2, -0.15) is 0 Å². The first kappa shape index (κ1) is 16.1. The number of carbonyl (C=O) groups is 2. The Morgan fingerprint density at radius 1 is 1.17 bits per heavy atom. The predicted octanol–water partition coefficient (Wildman–Crippen LogP) is 4.19. The summed E-state index contributed by atoms with van der Waals surface area (Å²) in [5.41, 5.74) is 0.707. The molecule has 0 aliphatic heterocycles. The van der Waals surface area contributed by atoms with Crippen LogP contribution in [0.25, 0.3) is 0 Å². The molecule has 0 aromatic carbocycles. The maximum Gasteiger partial charge on any atom is 0.161 e. The van der Waals surface area contributed by atoms with Crippen LogP contribution < -0.4 is 0 Å². The molecule has 0 spiro atoms. The van der Waals surface area contributed by atoms with Crippen molar-refractivity contribution in [3.63, 3.8) is 0 Å². The van der Waals surface area contributed by atoms with Gasteiger partial charge >= 0.3 is 0 Å². The first-order valence-corrected chi connectivity index (χ1v) is 9.67. The summed E-state index contributed by atoms with van der Waals surface area (Å²) in [5, 5.41) is 0. The number of allylic oxidation sites excluding steroid dienone is 1. The molecule has 4 saturated carbocycles. The smallest absolute Gasteiger partial charge is 0.161 e.